The van der Waals surface area contributed by atoms with Crippen LogP contribution in [0.3, 0.4) is 0 Å². The van der Waals surface area contributed by atoms with E-state index in [9.17, 15) is 4.39 Å². The summed E-state index contributed by atoms with van der Waals surface area (Å²) in [7, 11) is 1.98. The predicted octanol–water partition coefficient (Wildman–Crippen LogP) is 2.25. The Morgan fingerprint density at radius 1 is 1.39 bits per heavy atom. The zero-order chi connectivity index (χ0) is 12.5. The molecule has 1 aliphatic rings. The minimum Gasteiger partial charge on any atom is -0.331 e. The molecule has 0 atom stereocenters. The number of imidazole rings is 1. The lowest BCUT2D eigenvalue weighted by atomic mass is 9.94. The van der Waals surface area contributed by atoms with Crippen LogP contribution in [0.4, 0.5) is 4.39 Å². The minimum absolute atomic E-state index is 0.223. The molecule has 0 spiro atoms. The van der Waals surface area contributed by atoms with Crippen molar-refractivity contribution in [3.05, 3.63) is 29.8 Å². The first-order chi connectivity index (χ1) is 8.75. The largest absolute Gasteiger partial charge is 0.331 e. The first kappa shape index (κ1) is 11.7. The van der Waals surface area contributed by atoms with Crippen molar-refractivity contribution < 1.29 is 4.39 Å². The number of halogens is 1. The molecule has 1 aromatic heterocycles. The van der Waals surface area contributed by atoms with E-state index in [1.54, 1.807) is 6.07 Å². The Bertz CT molecular complexity index is 555. The van der Waals surface area contributed by atoms with Gasteiger partial charge in [-0.05, 0) is 44.0 Å². The Hall–Kier alpha value is -1.42. The van der Waals surface area contributed by atoms with Gasteiger partial charge in [0, 0.05) is 13.5 Å². The van der Waals surface area contributed by atoms with Crippen LogP contribution in [0.15, 0.2) is 18.2 Å². The Morgan fingerprint density at radius 3 is 2.89 bits per heavy atom. The van der Waals surface area contributed by atoms with E-state index in [-0.39, 0.29) is 5.82 Å². The summed E-state index contributed by atoms with van der Waals surface area (Å²) in [5.74, 6) is 1.45. The molecule has 96 valence electrons. The van der Waals surface area contributed by atoms with Gasteiger partial charge in [-0.2, -0.15) is 0 Å². The van der Waals surface area contributed by atoms with Gasteiger partial charge in [-0.15, -0.1) is 0 Å². The van der Waals surface area contributed by atoms with Crippen molar-refractivity contribution in [3.63, 3.8) is 0 Å². The van der Waals surface area contributed by atoms with Crippen LogP contribution in [0.1, 0.15) is 18.7 Å². The van der Waals surface area contributed by atoms with Crippen molar-refractivity contribution >= 4 is 11.0 Å². The fraction of sp³-hybridized carbons (Fsp3) is 0.500. The van der Waals surface area contributed by atoms with E-state index < -0.39 is 0 Å². The van der Waals surface area contributed by atoms with Crippen LogP contribution < -0.4 is 5.32 Å². The molecule has 3 rings (SSSR count). The molecule has 0 aliphatic carbocycles. The average Bonchev–Trinajstić information content (AvgIpc) is 2.70. The lowest BCUT2D eigenvalue weighted by Gasteiger charge is -2.22. The van der Waals surface area contributed by atoms with Crippen molar-refractivity contribution in [2.24, 2.45) is 13.0 Å². The first-order valence-electron chi connectivity index (χ1n) is 6.56. The third-order valence-corrected chi connectivity index (χ3v) is 3.88. The van der Waals surface area contributed by atoms with Gasteiger partial charge in [0.05, 0.1) is 5.52 Å². The van der Waals surface area contributed by atoms with E-state index in [4.69, 9.17) is 0 Å². The maximum Gasteiger partial charge on any atom is 0.151 e. The van der Waals surface area contributed by atoms with Gasteiger partial charge in [-0.1, -0.05) is 6.07 Å². The van der Waals surface area contributed by atoms with Crippen LogP contribution in [-0.2, 0) is 13.5 Å². The van der Waals surface area contributed by atoms with Crippen molar-refractivity contribution in [1.82, 2.24) is 14.9 Å². The Labute approximate surface area is 106 Å². The zero-order valence-corrected chi connectivity index (χ0v) is 10.6. The molecule has 1 N–H and O–H groups in total. The van der Waals surface area contributed by atoms with E-state index >= 15 is 0 Å². The molecule has 0 saturated carbocycles. The summed E-state index contributed by atoms with van der Waals surface area (Å²) in [4.78, 5) is 4.47. The van der Waals surface area contributed by atoms with E-state index in [1.165, 1.54) is 18.9 Å². The lowest BCUT2D eigenvalue weighted by molar-refractivity contribution is 0.365. The van der Waals surface area contributed by atoms with E-state index in [2.05, 4.69) is 10.3 Å². The van der Waals surface area contributed by atoms with Gasteiger partial charge in [0.25, 0.3) is 0 Å². The molecule has 18 heavy (non-hydrogen) atoms. The summed E-state index contributed by atoms with van der Waals surface area (Å²) >= 11 is 0. The molecule has 2 heterocycles. The number of aryl methyl sites for hydroxylation is 1. The molecular weight excluding hydrogens is 229 g/mol. The fourth-order valence-electron chi connectivity index (χ4n) is 2.75. The molecule has 2 aromatic rings. The van der Waals surface area contributed by atoms with E-state index in [0.29, 0.717) is 11.4 Å². The molecule has 1 aliphatic heterocycles. The van der Waals surface area contributed by atoms with Crippen LogP contribution in [0.25, 0.3) is 11.0 Å². The standard InChI is InChI=1S/C14H18FN3/c1-18-12-4-2-3-11(15)14(12)17-13(18)9-10-5-7-16-8-6-10/h2-4,10,16H,5-9H2,1H3. The lowest BCUT2D eigenvalue weighted by Crippen LogP contribution is -2.29. The number of hydrogen-bond acceptors (Lipinski definition) is 2. The van der Waals surface area contributed by atoms with Gasteiger partial charge in [-0.25, -0.2) is 9.37 Å². The number of rotatable bonds is 2. The smallest absolute Gasteiger partial charge is 0.151 e. The van der Waals surface area contributed by atoms with Crippen LogP contribution in [-0.4, -0.2) is 22.6 Å². The minimum atomic E-state index is -0.223. The summed E-state index contributed by atoms with van der Waals surface area (Å²) in [6.45, 7) is 2.17. The number of benzene rings is 1. The van der Waals surface area contributed by atoms with Gasteiger partial charge in [0.1, 0.15) is 11.3 Å². The SMILES string of the molecule is Cn1c(CC2CCNCC2)nc2c(F)cccc21. The second kappa shape index (κ2) is 4.69. The van der Waals surface area contributed by atoms with Crippen molar-refractivity contribution in [2.75, 3.05) is 13.1 Å². The quantitative estimate of drug-likeness (QED) is 0.882. The first-order valence-corrected chi connectivity index (χ1v) is 6.56. The Morgan fingerprint density at radius 2 is 2.17 bits per heavy atom. The molecule has 1 saturated heterocycles. The normalized spacial score (nSPS) is 17.4. The fourth-order valence-corrected chi connectivity index (χ4v) is 2.75. The van der Waals surface area contributed by atoms with E-state index in [1.807, 2.05) is 17.7 Å². The van der Waals surface area contributed by atoms with Crippen molar-refractivity contribution in [3.8, 4) is 0 Å². The highest BCUT2D eigenvalue weighted by Crippen LogP contribution is 2.22. The number of piperidine rings is 1. The zero-order valence-electron chi connectivity index (χ0n) is 10.6. The predicted molar refractivity (Wildman–Crippen MR) is 70.0 cm³/mol. The van der Waals surface area contributed by atoms with E-state index in [0.717, 1.165) is 30.9 Å². The van der Waals surface area contributed by atoms with Gasteiger partial charge >= 0.3 is 0 Å². The summed E-state index contributed by atoms with van der Waals surface area (Å²) in [6, 6.07) is 5.15. The molecule has 0 bridgehead atoms. The van der Waals surface area contributed by atoms with Crippen LogP contribution >= 0.6 is 0 Å². The van der Waals surface area contributed by atoms with Gasteiger partial charge in [0.2, 0.25) is 0 Å². The number of nitrogens with one attached hydrogen (secondary N) is 1. The molecule has 0 amide bonds. The summed E-state index contributed by atoms with van der Waals surface area (Å²) in [5, 5.41) is 3.36. The average molecular weight is 247 g/mol. The summed E-state index contributed by atoms with van der Waals surface area (Å²) in [5.41, 5.74) is 1.39. The van der Waals surface area contributed by atoms with Gasteiger partial charge < -0.3 is 9.88 Å². The molecule has 1 aromatic carbocycles. The maximum absolute atomic E-state index is 13.7. The van der Waals surface area contributed by atoms with Gasteiger partial charge in [0.15, 0.2) is 5.82 Å². The number of hydrogen-bond donors (Lipinski definition) is 1. The molecule has 3 nitrogen and oxygen atoms in total. The van der Waals surface area contributed by atoms with Crippen LogP contribution in [0.5, 0.6) is 0 Å². The van der Waals surface area contributed by atoms with Crippen LogP contribution in [0, 0.1) is 11.7 Å². The molecular formula is C14H18FN3. The second-order valence-corrected chi connectivity index (χ2v) is 5.09. The van der Waals surface area contributed by atoms with Crippen molar-refractivity contribution in [2.45, 2.75) is 19.3 Å². The highest BCUT2D eigenvalue weighted by Gasteiger charge is 2.18. The Balaban J connectivity index is 1.92. The molecule has 4 heteroatoms. The highest BCUT2D eigenvalue weighted by atomic mass is 19.1. The monoisotopic (exact) mass is 247 g/mol. The third-order valence-electron chi connectivity index (χ3n) is 3.88. The second-order valence-electron chi connectivity index (χ2n) is 5.09. The summed E-state index contributed by atoms with van der Waals surface area (Å²) < 4.78 is 15.7. The van der Waals surface area contributed by atoms with Gasteiger partial charge in [-0.3, -0.25) is 0 Å². The van der Waals surface area contributed by atoms with Crippen molar-refractivity contribution in [1.29, 1.82) is 0 Å². The molecule has 0 unspecified atom stereocenters. The highest BCUT2D eigenvalue weighted by molar-refractivity contribution is 5.76. The number of para-hydroxylation sites is 1. The third kappa shape index (κ3) is 2.01. The number of nitrogens with zero attached hydrogens (tertiary/aromatic N) is 2. The number of fused-ring (bicyclic) bond motifs is 1. The molecule has 1 fully saturated rings. The summed E-state index contributed by atoms with van der Waals surface area (Å²) in [6.07, 6.45) is 3.32. The maximum atomic E-state index is 13.7. The topological polar surface area (TPSA) is 29.9 Å². The number of aromatic nitrogens is 2. The van der Waals surface area contributed by atoms with Crippen LogP contribution in [0.2, 0.25) is 0 Å². The molecule has 0 radical (unpaired) electrons. The Kier molecular flexibility index (Phi) is 3.04.